The second-order valence-electron chi connectivity index (χ2n) is 0.886. The summed E-state index contributed by atoms with van der Waals surface area (Å²) in [5.41, 5.74) is 0. The molecule has 0 amide bonds. The van der Waals surface area contributed by atoms with Gasteiger partial charge in [-0.05, 0) is 0 Å². The molecule has 6 heteroatoms. The topological polar surface area (TPSA) is 27.0 Å². The molecule has 0 aliphatic rings. The fraction of sp³-hybridized carbons (Fsp3) is 0.500. The minimum absolute atomic E-state index is 0.948. The summed E-state index contributed by atoms with van der Waals surface area (Å²) in [6, 6.07) is 0.948. The maximum atomic E-state index is 11.2. The Bertz CT molecular complexity index is 118. The molecule has 0 aromatic rings. The lowest BCUT2D eigenvalue weighted by molar-refractivity contribution is -0.164. The van der Waals surface area contributed by atoms with Gasteiger partial charge in [0.25, 0.3) is 0 Å². The first-order valence-electron chi connectivity index (χ1n) is 1.41. The third kappa shape index (κ3) is 1.78. The lowest BCUT2D eigenvalue weighted by Crippen LogP contribution is -2.23. The van der Waals surface area contributed by atoms with Crippen LogP contribution in [0.25, 0.3) is 0 Å². The summed E-state index contributed by atoms with van der Waals surface area (Å²) in [6.07, 6.45) is 0. The van der Waals surface area contributed by atoms with Crippen molar-refractivity contribution in [1.82, 2.24) is 5.34 Å². The molecule has 0 aliphatic heterocycles. The predicted octanol–water partition coefficient (Wildman–Crippen LogP) is 1.71. The summed E-state index contributed by atoms with van der Waals surface area (Å²) in [4.78, 5) is 0. The first kappa shape index (κ1) is 7.89. The standard InChI is InChI=1S/C2Cl2F2N2/c3-2(4,1-7)8(5)6. The molecule has 0 aromatic carbocycles. The Balaban J connectivity index is 3.97. The summed E-state index contributed by atoms with van der Waals surface area (Å²) in [7, 11) is 0. The van der Waals surface area contributed by atoms with E-state index in [0.29, 0.717) is 0 Å². The van der Waals surface area contributed by atoms with Crippen molar-refractivity contribution in [3.05, 3.63) is 0 Å². The normalized spacial score (nSPS) is 11.5. The van der Waals surface area contributed by atoms with E-state index < -0.39 is 9.80 Å². The monoisotopic (exact) mass is 160 g/mol. The minimum atomic E-state index is -2.71. The average molecular weight is 161 g/mol. The van der Waals surface area contributed by atoms with E-state index in [1.165, 1.54) is 0 Å². The Morgan fingerprint density at radius 2 is 1.88 bits per heavy atom. The quantitative estimate of drug-likeness (QED) is 0.332. The van der Waals surface area contributed by atoms with Gasteiger partial charge in [-0.3, -0.25) is 0 Å². The van der Waals surface area contributed by atoms with Crippen LogP contribution in [0, 0.1) is 11.3 Å². The molecular formula is C2Cl2F2N2. The molecule has 0 atom stereocenters. The Morgan fingerprint density at radius 1 is 1.50 bits per heavy atom. The zero-order valence-corrected chi connectivity index (χ0v) is 4.92. The molecular weight excluding hydrogens is 161 g/mol. The SMILES string of the molecule is N#CC(Cl)(Cl)N(F)F. The Labute approximate surface area is 54.1 Å². The largest absolute Gasteiger partial charge is 0.315 e. The molecule has 0 rings (SSSR count). The maximum Gasteiger partial charge on any atom is 0.315 e. The third-order valence-electron chi connectivity index (χ3n) is 0.347. The van der Waals surface area contributed by atoms with E-state index in [1.807, 2.05) is 0 Å². The molecule has 0 N–H and O–H groups in total. The number of hydrogen-bond acceptors (Lipinski definition) is 2. The van der Waals surface area contributed by atoms with Crippen molar-refractivity contribution in [1.29, 1.82) is 5.26 Å². The fourth-order valence-electron chi connectivity index (χ4n) is 0.0378. The maximum absolute atomic E-state index is 11.2. The van der Waals surface area contributed by atoms with Crippen molar-refractivity contribution in [2.24, 2.45) is 0 Å². The van der Waals surface area contributed by atoms with Gasteiger partial charge in [0.15, 0.2) is 0 Å². The van der Waals surface area contributed by atoms with Crippen LogP contribution in [0.15, 0.2) is 0 Å². The fourth-order valence-corrected chi connectivity index (χ4v) is 0.0378. The van der Waals surface area contributed by atoms with Crippen molar-refractivity contribution in [3.63, 3.8) is 0 Å². The highest BCUT2D eigenvalue weighted by Crippen LogP contribution is 2.25. The molecule has 0 bridgehead atoms. The third-order valence-corrected chi connectivity index (χ3v) is 0.771. The van der Waals surface area contributed by atoms with Crippen LogP contribution in [0.3, 0.4) is 0 Å². The molecule has 0 unspecified atom stereocenters. The first-order chi connectivity index (χ1) is 3.50. The van der Waals surface area contributed by atoms with Crippen molar-refractivity contribution in [2.75, 3.05) is 0 Å². The van der Waals surface area contributed by atoms with Gasteiger partial charge in [0.05, 0.1) is 5.34 Å². The number of hydrogen-bond donors (Lipinski definition) is 0. The molecule has 0 fully saturated rings. The minimum Gasteiger partial charge on any atom is -0.193 e. The van der Waals surface area contributed by atoms with E-state index in [9.17, 15) is 8.96 Å². The highest BCUT2D eigenvalue weighted by molar-refractivity contribution is 6.49. The van der Waals surface area contributed by atoms with Crippen LogP contribution < -0.4 is 0 Å². The first-order valence-corrected chi connectivity index (χ1v) is 2.17. The Hall–Kier alpha value is -0.110. The van der Waals surface area contributed by atoms with Crippen LogP contribution in [0.2, 0.25) is 0 Å². The van der Waals surface area contributed by atoms with E-state index in [1.54, 1.807) is 0 Å². The van der Waals surface area contributed by atoms with Crippen molar-refractivity contribution >= 4 is 23.2 Å². The van der Waals surface area contributed by atoms with E-state index in [0.717, 1.165) is 6.07 Å². The van der Waals surface area contributed by atoms with Gasteiger partial charge in [0.1, 0.15) is 6.07 Å². The molecule has 0 spiro atoms. The van der Waals surface area contributed by atoms with Gasteiger partial charge < -0.3 is 0 Å². The van der Waals surface area contributed by atoms with Crippen LogP contribution in [0.5, 0.6) is 0 Å². The van der Waals surface area contributed by atoms with Gasteiger partial charge in [-0.15, -0.1) is 0 Å². The highest BCUT2D eigenvalue weighted by Gasteiger charge is 2.33. The number of nitriles is 1. The lowest BCUT2D eigenvalue weighted by Gasteiger charge is -2.07. The van der Waals surface area contributed by atoms with Crippen molar-refractivity contribution in [3.8, 4) is 6.07 Å². The summed E-state index contributed by atoms with van der Waals surface area (Å²) >= 11 is 9.27. The van der Waals surface area contributed by atoms with Crippen LogP contribution >= 0.6 is 23.2 Å². The number of nitrogens with zero attached hydrogens (tertiary/aromatic N) is 2. The van der Waals surface area contributed by atoms with E-state index >= 15 is 0 Å². The average Bonchev–Trinajstić information content (AvgIpc) is 1.67. The van der Waals surface area contributed by atoms with Gasteiger partial charge in [-0.1, -0.05) is 32.2 Å². The molecule has 0 heterocycles. The molecule has 0 radical (unpaired) electrons. The van der Waals surface area contributed by atoms with Crippen LogP contribution in [0.4, 0.5) is 8.96 Å². The summed E-state index contributed by atoms with van der Waals surface area (Å²) < 4.78 is 19.6. The molecule has 0 aliphatic carbocycles. The predicted molar refractivity (Wildman–Crippen MR) is 24.1 cm³/mol. The molecule has 46 valence electrons. The summed E-state index contributed by atoms with van der Waals surface area (Å²) in [6.45, 7) is 0. The molecule has 0 saturated carbocycles. The van der Waals surface area contributed by atoms with E-state index in [-0.39, 0.29) is 0 Å². The molecule has 8 heavy (non-hydrogen) atoms. The highest BCUT2D eigenvalue weighted by atomic mass is 35.5. The molecule has 0 aromatic heterocycles. The Kier molecular flexibility index (Phi) is 2.41. The second kappa shape index (κ2) is 2.44. The van der Waals surface area contributed by atoms with Crippen LogP contribution in [-0.4, -0.2) is 9.80 Å². The Morgan fingerprint density at radius 3 is 1.88 bits per heavy atom. The summed E-state index contributed by atoms with van der Waals surface area (Å²) in [5, 5.41) is 6.14. The van der Waals surface area contributed by atoms with E-state index in [4.69, 9.17) is 5.26 Å². The van der Waals surface area contributed by atoms with E-state index in [2.05, 4.69) is 23.2 Å². The molecule has 0 saturated heterocycles. The van der Waals surface area contributed by atoms with Gasteiger partial charge in [-0.2, -0.15) is 5.26 Å². The number of alkyl halides is 2. The number of rotatable bonds is 1. The lowest BCUT2D eigenvalue weighted by atomic mass is 10.7. The van der Waals surface area contributed by atoms with Gasteiger partial charge in [0.2, 0.25) is 0 Å². The zero-order chi connectivity index (χ0) is 6.78. The smallest absolute Gasteiger partial charge is 0.193 e. The second-order valence-corrected chi connectivity index (χ2v) is 2.17. The van der Waals surface area contributed by atoms with Crippen LogP contribution in [0.1, 0.15) is 0 Å². The van der Waals surface area contributed by atoms with Crippen molar-refractivity contribution < 1.29 is 8.96 Å². The molecule has 2 nitrogen and oxygen atoms in total. The summed E-state index contributed by atoms with van der Waals surface area (Å²) in [5.74, 6) is 0. The zero-order valence-electron chi connectivity index (χ0n) is 3.41. The van der Waals surface area contributed by atoms with Gasteiger partial charge in [0, 0.05) is 0 Å². The van der Waals surface area contributed by atoms with Crippen molar-refractivity contribution in [2.45, 2.75) is 4.46 Å². The van der Waals surface area contributed by atoms with Gasteiger partial charge >= 0.3 is 4.46 Å². The number of halogens is 4. The van der Waals surface area contributed by atoms with Crippen LogP contribution in [-0.2, 0) is 0 Å². The van der Waals surface area contributed by atoms with Gasteiger partial charge in [-0.25, -0.2) is 0 Å².